The molecular weight excluding hydrogens is 367 g/mol. The first-order valence-corrected chi connectivity index (χ1v) is 9.18. The maximum Gasteiger partial charge on any atom is 0.295 e. The van der Waals surface area contributed by atoms with Crippen molar-refractivity contribution >= 4 is 11.6 Å². The Morgan fingerprint density at radius 3 is 2.45 bits per heavy atom. The third-order valence-electron chi connectivity index (χ3n) is 4.53. The summed E-state index contributed by atoms with van der Waals surface area (Å²) in [4.78, 5) is 17.2. The number of nitrogens with one attached hydrogen (secondary N) is 1. The van der Waals surface area contributed by atoms with Gasteiger partial charge in [-0.2, -0.15) is 0 Å². The Labute approximate surface area is 167 Å². The maximum atomic E-state index is 13.4. The zero-order chi connectivity index (χ0) is 20.4. The van der Waals surface area contributed by atoms with Crippen molar-refractivity contribution in [3.05, 3.63) is 95.6 Å². The molecule has 1 heterocycles. The molecule has 0 atom stereocenters. The van der Waals surface area contributed by atoms with Crippen molar-refractivity contribution in [2.75, 3.05) is 5.32 Å². The summed E-state index contributed by atoms with van der Waals surface area (Å²) < 4.78 is 15.0. The van der Waals surface area contributed by atoms with Crippen molar-refractivity contribution in [3.63, 3.8) is 0 Å². The second-order valence-corrected chi connectivity index (χ2v) is 6.79. The van der Waals surface area contributed by atoms with Gasteiger partial charge in [0.1, 0.15) is 5.82 Å². The molecule has 1 aromatic heterocycles. The lowest BCUT2D eigenvalue weighted by Crippen LogP contribution is -2.14. The number of anilines is 1. The fraction of sp³-hybridized carbons (Fsp3) is 0.0870. The number of carbonyl (C=O) groups excluding carboxylic acids is 1. The minimum atomic E-state index is -0.411. The van der Waals surface area contributed by atoms with Crippen LogP contribution in [0.4, 0.5) is 10.1 Å². The largest absolute Gasteiger partial charge is 0.319 e. The maximum absolute atomic E-state index is 13.4. The molecule has 1 amide bonds. The molecule has 29 heavy (non-hydrogen) atoms. The minimum Gasteiger partial charge on any atom is -0.319 e. The molecule has 0 spiro atoms. The van der Waals surface area contributed by atoms with Crippen molar-refractivity contribution in [2.45, 2.75) is 13.8 Å². The van der Waals surface area contributed by atoms with Gasteiger partial charge < -0.3 is 5.32 Å². The van der Waals surface area contributed by atoms with E-state index in [0.29, 0.717) is 17.1 Å². The first-order valence-electron chi connectivity index (χ1n) is 9.18. The molecule has 0 bridgehead atoms. The van der Waals surface area contributed by atoms with Gasteiger partial charge in [-0.25, -0.2) is 14.1 Å². The second kappa shape index (κ2) is 7.67. The summed E-state index contributed by atoms with van der Waals surface area (Å²) in [5.41, 5.74) is 4.15. The Bertz CT molecular complexity index is 1180. The number of hydrogen-bond donors (Lipinski definition) is 1. The lowest BCUT2D eigenvalue weighted by Gasteiger charge is -2.08. The second-order valence-electron chi connectivity index (χ2n) is 6.79. The summed E-state index contributed by atoms with van der Waals surface area (Å²) in [7, 11) is 0. The van der Waals surface area contributed by atoms with Crippen molar-refractivity contribution < 1.29 is 9.18 Å². The van der Waals surface area contributed by atoms with Gasteiger partial charge in [0.05, 0.1) is 5.69 Å². The third-order valence-corrected chi connectivity index (χ3v) is 4.53. The number of halogens is 1. The molecule has 3 aromatic carbocycles. The van der Waals surface area contributed by atoms with E-state index in [-0.39, 0.29) is 11.6 Å². The molecule has 0 saturated heterocycles. The topological polar surface area (TPSA) is 59.8 Å². The summed E-state index contributed by atoms with van der Waals surface area (Å²) in [6.45, 7) is 3.91. The van der Waals surface area contributed by atoms with Gasteiger partial charge >= 0.3 is 0 Å². The normalized spacial score (nSPS) is 10.7. The Balaban J connectivity index is 1.78. The van der Waals surface area contributed by atoms with Crippen LogP contribution in [0.1, 0.15) is 21.7 Å². The highest BCUT2D eigenvalue weighted by molar-refractivity contribution is 6.01. The Hall–Kier alpha value is -3.80. The molecule has 0 aliphatic heterocycles. The van der Waals surface area contributed by atoms with E-state index in [1.807, 2.05) is 62.4 Å². The minimum absolute atomic E-state index is 0.0362. The summed E-state index contributed by atoms with van der Waals surface area (Å²) in [6, 6.07) is 21.1. The van der Waals surface area contributed by atoms with Crippen LogP contribution in [0.5, 0.6) is 0 Å². The van der Waals surface area contributed by atoms with E-state index < -0.39 is 5.91 Å². The lowest BCUT2D eigenvalue weighted by molar-refractivity contribution is 0.101. The van der Waals surface area contributed by atoms with Crippen LogP contribution in [0.15, 0.2) is 72.8 Å². The molecule has 0 unspecified atom stereocenters. The number of nitrogens with zero attached hydrogens (tertiary/aromatic N) is 3. The van der Waals surface area contributed by atoms with E-state index >= 15 is 0 Å². The molecule has 144 valence electrons. The zero-order valence-electron chi connectivity index (χ0n) is 16.1. The molecule has 4 aromatic rings. The number of benzene rings is 3. The van der Waals surface area contributed by atoms with E-state index in [1.54, 1.807) is 16.8 Å². The van der Waals surface area contributed by atoms with Crippen LogP contribution in [0.25, 0.3) is 17.1 Å². The fourth-order valence-corrected chi connectivity index (χ4v) is 3.07. The van der Waals surface area contributed by atoms with E-state index in [0.717, 1.165) is 16.8 Å². The molecule has 5 nitrogen and oxygen atoms in total. The highest BCUT2D eigenvalue weighted by Crippen LogP contribution is 2.24. The highest BCUT2D eigenvalue weighted by Gasteiger charge is 2.20. The number of hydrogen-bond acceptors (Lipinski definition) is 3. The number of carbonyl (C=O) groups is 1. The smallest absolute Gasteiger partial charge is 0.295 e. The number of aryl methyl sites for hydroxylation is 2. The first kappa shape index (κ1) is 18.6. The van der Waals surface area contributed by atoms with Crippen LogP contribution in [0.2, 0.25) is 0 Å². The van der Waals surface area contributed by atoms with E-state index in [9.17, 15) is 9.18 Å². The molecule has 0 radical (unpaired) electrons. The van der Waals surface area contributed by atoms with Crippen LogP contribution < -0.4 is 5.32 Å². The lowest BCUT2D eigenvalue weighted by atomic mass is 10.1. The predicted molar refractivity (Wildman–Crippen MR) is 111 cm³/mol. The summed E-state index contributed by atoms with van der Waals surface area (Å²) in [6.07, 6.45) is 0. The SMILES string of the molecule is Cc1cccc(NC(=O)c2nc(-c3ccc(F)cc3)n(-c3ccccc3C)n2)c1. The van der Waals surface area contributed by atoms with Crippen LogP contribution >= 0.6 is 0 Å². The van der Waals surface area contributed by atoms with Crippen LogP contribution in [0, 0.1) is 19.7 Å². The van der Waals surface area contributed by atoms with Crippen molar-refractivity contribution in [2.24, 2.45) is 0 Å². The summed E-state index contributed by atoms with van der Waals surface area (Å²) >= 11 is 0. The van der Waals surface area contributed by atoms with Gasteiger partial charge in [0, 0.05) is 11.3 Å². The molecule has 4 rings (SSSR count). The van der Waals surface area contributed by atoms with Gasteiger partial charge in [0.2, 0.25) is 5.82 Å². The van der Waals surface area contributed by atoms with E-state index in [4.69, 9.17) is 0 Å². The number of para-hydroxylation sites is 1. The van der Waals surface area contributed by atoms with Crippen LogP contribution in [0.3, 0.4) is 0 Å². The van der Waals surface area contributed by atoms with Crippen LogP contribution in [-0.4, -0.2) is 20.7 Å². The van der Waals surface area contributed by atoms with Gasteiger partial charge in [-0.05, 0) is 67.4 Å². The number of rotatable bonds is 4. The average molecular weight is 386 g/mol. The Morgan fingerprint density at radius 1 is 0.966 bits per heavy atom. The van der Waals surface area contributed by atoms with Gasteiger partial charge in [-0.15, -0.1) is 5.10 Å². The van der Waals surface area contributed by atoms with E-state index in [1.165, 1.54) is 12.1 Å². The predicted octanol–water partition coefficient (Wildman–Crippen LogP) is 4.94. The average Bonchev–Trinajstić information content (AvgIpc) is 3.14. The molecule has 0 fully saturated rings. The number of aromatic nitrogens is 3. The monoisotopic (exact) mass is 386 g/mol. The molecule has 1 N–H and O–H groups in total. The standard InChI is InChI=1S/C23H19FN4O/c1-15-6-5-8-19(14-15)25-23(29)21-26-22(17-10-12-18(24)13-11-17)28(27-21)20-9-4-3-7-16(20)2/h3-14H,1-2H3,(H,25,29). The summed E-state index contributed by atoms with van der Waals surface area (Å²) in [5, 5.41) is 7.29. The Kier molecular flexibility index (Phi) is 4.91. The molecule has 0 saturated carbocycles. The highest BCUT2D eigenvalue weighted by atomic mass is 19.1. The zero-order valence-corrected chi connectivity index (χ0v) is 16.1. The third kappa shape index (κ3) is 3.91. The van der Waals surface area contributed by atoms with Gasteiger partial charge in [0.15, 0.2) is 5.82 Å². The number of amides is 1. The van der Waals surface area contributed by atoms with Crippen molar-refractivity contribution in [3.8, 4) is 17.1 Å². The summed E-state index contributed by atoms with van der Waals surface area (Å²) in [5.74, 6) is -0.248. The quantitative estimate of drug-likeness (QED) is 0.540. The Morgan fingerprint density at radius 2 is 1.72 bits per heavy atom. The van der Waals surface area contributed by atoms with Gasteiger partial charge in [0.25, 0.3) is 5.91 Å². The van der Waals surface area contributed by atoms with Gasteiger partial charge in [-0.1, -0.05) is 30.3 Å². The van der Waals surface area contributed by atoms with Crippen molar-refractivity contribution in [1.82, 2.24) is 14.8 Å². The first-order chi connectivity index (χ1) is 14.0. The molecule has 6 heteroatoms. The van der Waals surface area contributed by atoms with E-state index in [2.05, 4.69) is 15.4 Å². The van der Waals surface area contributed by atoms with Crippen molar-refractivity contribution in [1.29, 1.82) is 0 Å². The van der Waals surface area contributed by atoms with Gasteiger partial charge in [-0.3, -0.25) is 4.79 Å². The molecular formula is C23H19FN4O. The molecule has 0 aliphatic rings. The van der Waals surface area contributed by atoms with Crippen LogP contribution in [-0.2, 0) is 0 Å². The molecule has 0 aliphatic carbocycles. The fourth-order valence-electron chi connectivity index (χ4n) is 3.07.